The molecule has 7 heteroatoms. The molecule has 1 amide bonds. The number of benzene rings is 1. The smallest absolute Gasteiger partial charge is 0.234 e. The fraction of sp³-hybridized carbons (Fsp3) is 0.500. The summed E-state index contributed by atoms with van der Waals surface area (Å²) in [5.74, 6) is 3.37. The molecule has 0 radical (unpaired) electrons. The van der Waals surface area contributed by atoms with Gasteiger partial charge in [0.05, 0.1) is 6.54 Å². The van der Waals surface area contributed by atoms with E-state index in [-0.39, 0.29) is 5.91 Å². The molecule has 0 saturated carbocycles. The highest BCUT2D eigenvalue weighted by Crippen LogP contribution is 2.22. The zero-order valence-corrected chi connectivity index (χ0v) is 14.4. The van der Waals surface area contributed by atoms with Crippen molar-refractivity contribution >= 4 is 5.91 Å². The summed E-state index contributed by atoms with van der Waals surface area (Å²) in [7, 11) is 0. The van der Waals surface area contributed by atoms with Gasteiger partial charge in [0.25, 0.3) is 0 Å². The Hall–Kier alpha value is -2.41. The Balaban J connectivity index is 1.27. The minimum Gasteiger partial charge on any atom is -0.492 e. The van der Waals surface area contributed by atoms with E-state index in [4.69, 9.17) is 4.74 Å². The zero-order valence-electron chi connectivity index (χ0n) is 14.4. The second-order valence-electron chi connectivity index (χ2n) is 6.82. The normalized spacial score (nSPS) is 19.6. The van der Waals surface area contributed by atoms with Crippen molar-refractivity contribution in [1.29, 1.82) is 0 Å². The molecule has 2 aliphatic heterocycles. The number of aromatic nitrogens is 3. The molecule has 3 heterocycles. The van der Waals surface area contributed by atoms with Crippen molar-refractivity contribution in [1.82, 2.24) is 25.0 Å². The van der Waals surface area contributed by atoms with Crippen LogP contribution in [0.25, 0.3) is 0 Å². The Morgan fingerprint density at radius 3 is 3.12 bits per heavy atom. The topological polar surface area (TPSA) is 72.3 Å². The van der Waals surface area contributed by atoms with E-state index in [1.807, 2.05) is 25.1 Å². The Labute approximate surface area is 147 Å². The van der Waals surface area contributed by atoms with E-state index in [1.165, 1.54) is 0 Å². The first kappa shape index (κ1) is 16.1. The summed E-state index contributed by atoms with van der Waals surface area (Å²) in [6.45, 7) is 6.05. The molecular formula is C18H23N5O2. The van der Waals surface area contributed by atoms with Crippen molar-refractivity contribution in [2.75, 3.05) is 26.2 Å². The average Bonchev–Trinajstić information content (AvgIpc) is 3.09. The summed E-state index contributed by atoms with van der Waals surface area (Å²) >= 11 is 0. The van der Waals surface area contributed by atoms with Crippen molar-refractivity contribution < 1.29 is 9.53 Å². The highest BCUT2D eigenvalue weighted by Gasteiger charge is 2.25. The second kappa shape index (κ2) is 6.84. The minimum atomic E-state index is 0.0683. The summed E-state index contributed by atoms with van der Waals surface area (Å²) in [5, 5.41) is 11.3. The van der Waals surface area contributed by atoms with Gasteiger partial charge < -0.3 is 14.6 Å². The molecule has 2 aromatic rings. The molecule has 1 aromatic carbocycles. The third-order valence-corrected chi connectivity index (χ3v) is 4.91. The maximum Gasteiger partial charge on any atom is 0.234 e. The molecule has 0 saturated heterocycles. The number of nitrogens with one attached hydrogen (secondary N) is 1. The number of ether oxygens (including phenoxy) is 1. The van der Waals surface area contributed by atoms with Crippen LogP contribution in [0.2, 0.25) is 0 Å². The van der Waals surface area contributed by atoms with Crippen LogP contribution in [0, 0.1) is 12.8 Å². The van der Waals surface area contributed by atoms with Crippen LogP contribution >= 0.6 is 0 Å². The standard InChI is InChI=1S/C18H23N5O2/c1-13-20-21-17-8-14(10-23(13)17)9-19-18(24)12-22-6-7-25-16-5-3-2-4-15(16)11-22/h2-5,14H,6-12H2,1H3,(H,19,24). The number of amides is 1. The number of rotatable bonds is 4. The summed E-state index contributed by atoms with van der Waals surface area (Å²) in [6, 6.07) is 8.03. The second-order valence-corrected chi connectivity index (χ2v) is 6.82. The van der Waals surface area contributed by atoms with Crippen molar-refractivity contribution in [2.45, 2.75) is 26.4 Å². The monoisotopic (exact) mass is 341 g/mol. The van der Waals surface area contributed by atoms with Crippen LogP contribution in [0.1, 0.15) is 17.2 Å². The highest BCUT2D eigenvalue weighted by molar-refractivity contribution is 5.78. The van der Waals surface area contributed by atoms with Crippen LogP contribution in [-0.2, 0) is 24.3 Å². The quantitative estimate of drug-likeness (QED) is 0.889. The van der Waals surface area contributed by atoms with Gasteiger partial charge in [-0.2, -0.15) is 0 Å². The Morgan fingerprint density at radius 2 is 2.24 bits per heavy atom. The van der Waals surface area contributed by atoms with Crippen LogP contribution in [0.4, 0.5) is 0 Å². The molecule has 0 spiro atoms. The summed E-state index contributed by atoms with van der Waals surface area (Å²) in [4.78, 5) is 14.5. The third-order valence-electron chi connectivity index (χ3n) is 4.91. The number of hydrogen-bond donors (Lipinski definition) is 1. The SMILES string of the molecule is Cc1nnc2n1CC(CNC(=O)CN1CCOc3ccccc3C1)C2. The molecule has 0 aliphatic carbocycles. The molecular weight excluding hydrogens is 318 g/mol. The summed E-state index contributed by atoms with van der Waals surface area (Å²) in [5.41, 5.74) is 1.14. The maximum absolute atomic E-state index is 12.3. The summed E-state index contributed by atoms with van der Waals surface area (Å²) < 4.78 is 7.89. The molecule has 132 valence electrons. The number of fused-ring (bicyclic) bond motifs is 2. The first-order chi connectivity index (χ1) is 12.2. The molecule has 0 fully saturated rings. The first-order valence-corrected chi connectivity index (χ1v) is 8.77. The lowest BCUT2D eigenvalue weighted by molar-refractivity contribution is -0.122. The van der Waals surface area contributed by atoms with E-state index in [1.54, 1.807) is 0 Å². The number of nitrogens with zero attached hydrogens (tertiary/aromatic N) is 4. The van der Waals surface area contributed by atoms with Gasteiger partial charge in [-0.1, -0.05) is 18.2 Å². The molecule has 1 atom stereocenters. The molecule has 2 aliphatic rings. The first-order valence-electron chi connectivity index (χ1n) is 8.77. The molecule has 7 nitrogen and oxygen atoms in total. The van der Waals surface area contributed by atoms with Gasteiger partial charge in [0, 0.05) is 44.1 Å². The zero-order chi connectivity index (χ0) is 17.2. The van der Waals surface area contributed by atoms with Gasteiger partial charge in [0.1, 0.15) is 24.0 Å². The van der Waals surface area contributed by atoms with Crippen molar-refractivity contribution in [2.24, 2.45) is 5.92 Å². The number of hydrogen-bond acceptors (Lipinski definition) is 5. The lowest BCUT2D eigenvalue weighted by Gasteiger charge is -2.19. The molecule has 4 rings (SSSR count). The van der Waals surface area contributed by atoms with Gasteiger partial charge in [0.15, 0.2) is 0 Å². The Kier molecular flexibility index (Phi) is 4.40. The number of carbonyl (C=O) groups excluding carboxylic acids is 1. The third kappa shape index (κ3) is 3.51. The van der Waals surface area contributed by atoms with Crippen LogP contribution in [0.5, 0.6) is 5.75 Å². The van der Waals surface area contributed by atoms with Crippen LogP contribution in [-0.4, -0.2) is 51.8 Å². The number of aryl methyl sites for hydroxylation is 1. The van der Waals surface area contributed by atoms with Gasteiger partial charge in [-0.05, 0) is 13.0 Å². The predicted octanol–water partition coefficient (Wildman–Crippen LogP) is 0.770. The number of carbonyl (C=O) groups is 1. The van der Waals surface area contributed by atoms with E-state index < -0.39 is 0 Å². The van der Waals surface area contributed by atoms with Crippen LogP contribution < -0.4 is 10.1 Å². The highest BCUT2D eigenvalue weighted by atomic mass is 16.5. The van der Waals surface area contributed by atoms with Crippen LogP contribution in [0.15, 0.2) is 24.3 Å². The Morgan fingerprint density at radius 1 is 1.36 bits per heavy atom. The predicted molar refractivity (Wildman–Crippen MR) is 92.2 cm³/mol. The van der Waals surface area contributed by atoms with E-state index in [0.717, 1.165) is 49.0 Å². The maximum atomic E-state index is 12.3. The Bertz CT molecular complexity index is 773. The fourth-order valence-electron chi connectivity index (χ4n) is 3.56. The van der Waals surface area contributed by atoms with Gasteiger partial charge in [-0.15, -0.1) is 10.2 Å². The molecule has 1 aromatic heterocycles. The molecule has 0 bridgehead atoms. The van der Waals surface area contributed by atoms with Gasteiger partial charge in [-0.3, -0.25) is 9.69 Å². The molecule has 25 heavy (non-hydrogen) atoms. The number of para-hydroxylation sites is 1. The van der Waals surface area contributed by atoms with E-state index >= 15 is 0 Å². The van der Waals surface area contributed by atoms with Crippen molar-refractivity contribution in [3.8, 4) is 5.75 Å². The largest absolute Gasteiger partial charge is 0.492 e. The molecule has 1 unspecified atom stereocenters. The summed E-state index contributed by atoms with van der Waals surface area (Å²) in [6.07, 6.45) is 0.881. The van der Waals surface area contributed by atoms with Gasteiger partial charge in [-0.25, -0.2) is 0 Å². The van der Waals surface area contributed by atoms with Crippen LogP contribution in [0.3, 0.4) is 0 Å². The van der Waals surface area contributed by atoms with Gasteiger partial charge >= 0.3 is 0 Å². The van der Waals surface area contributed by atoms with E-state index in [0.29, 0.717) is 25.6 Å². The lowest BCUT2D eigenvalue weighted by Crippen LogP contribution is -2.40. The molecule has 1 N–H and O–H groups in total. The van der Waals surface area contributed by atoms with E-state index in [2.05, 4.69) is 31.0 Å². The van der Waals surface area contributed by atoms with Crippen molar-refractivity contribution in [3.63, 3.8) is 0 Å². The van der Waals surface area contributed by atoms with Gasteiger partial charge in [0.2, 0.25) is 5.91 Å². The van der Waals surface area contributed by atoms with Crippen molar-refractivity contribution in [3.05, 3.63) is 41.5 Å². The minimum absolute atomic E-state index is 0.0683. The fourth-order valence-corrected chi connectivity index (χ4v) is 3.56. The average molecular weight is 341 g/mol. The lowest BCUT2D eigenvalue weighted by atomic mass is 10.1. The van der Waals surface area contributed by atoms with E-state index in [9.17, 15) is 4.79 Å².